The molecule has 0 amide bonds. The van der Waals surface area contributed by atoms with E-state index < -0.39 is 0 Å². The van der Waals surface area contributed by atoms with E-state index in [4.69, 9.17) is 12.2 Å². The lowest BCUT2D eigenvalue weighted by Gasteiger charge is -2.09. The number of hydrogen-bond donors (Lipinski definition) is 3. The summed E-state index contributed by atoms with van der Waals surface area (Å²) in [6.07, 6.45) is 6.77. The summed E-state index contributed by atoms with van der Waals surface area (Å²) in [6, 6.07) is 0. The van der Waals surface area contributed by atoms with Gasteiger partial charge in [0.25, 0.3) is 0 Å². The van der Waals surface area contributed by atoms with E-state index in [1.54, 1.807) is 6.33 Å². The zero-order valence-corrected chi connectivity index (χ0v) is 9.86. The van der Waals surface area contributed by atoms with Crippen LogP contribution in [0.1, 0.15) is 25.5 Å². The van der Waals surface area contributed by atoms with Crippen molar-refractivity contribution < 1.29 is 0 Å². The fraction of sp³-hybridized carbons (Fsp3) is 0.600. The van der Waals surface area contributed by atoms with Crippen molar-refractivity contribution in [3.63, 3.8) is 0 Å². The number of hydrogen-bond acceptors (Lipinski definition) is 2. The van der Waals surface area contributed by atoms with Gasteiger partial charge >= 0.3 is 0 Å². The molecule has 1 rings (SSSR count). The molecule has 0 spiro atoms. The molecule has 0 unspecified atom stereocenters. The lowest BCUT2D eigenvalue weighted by molar-refractivity contribution is 0.735. The van der Waals surface area contributed by atoms with Gasteiger partial charge < -0.3 is 15.6 Å². The summed E-state index contributed by atoms with van der Waals surface area (Å²) in [5.74, 6) is 0. The van der Waals surface area contributed by atoms with Crippen LogP contribution >= 0.6 is 12.2 Å². The maximum Gasteiger partial charge on any atom is 0.166 e. The summed E-state index contributed by atoms with van der Waals surface area (Å²) < 4.78 is 0. The second-order valence-corrected chi connectivity index (χ2v) is 3.77. The average Bonchev–Trinajstić information content (AvgIpc) is 2.71. The first-order chi connectivity index (χ1) is 7.33. The molecule has 1 heterocycles. The highest BCUT2D eigenvalue weighted by molar-refractivity contribution is 7.80. The average molecular weight is 226 g/mol. The molecule has 0 aliphatic rings. The quantitative estimate of drug-likeness (QED) is 0.504. The van der Waals surface area contributed by atoms with E-state index in [0.29, 0.717) is 0 Å². The van der Waals surface area contributed by atoms with Crippen molar-refractivity contribution in [3.8, 4) is 0 Å². The highest BCUT2D eigenvalue weighted by Crippen LogP contribution is 1.90. The molecular weight excluding hydrogens is 208 g/mol. The van der Waals surface area contributed by atoms with E-state index in [0.717, 1.165) is 36.7 Å². The largest absolute Gasteiger partial charge is 0.363 e. The van der Waals surface area contributed by atoms with Gasteiger partial charge in [-0.05, 0) is 18.6 Å². The number of H-pyrrole nitrogens is 1. The number of nitrogens with zero attached hydrogens (tertiary/aromatic N) is 1. The van der Waals surface area contributed by atoms with Crippen molar-refractivity contribution in [2.24, 2.45) is 0 Å². The van der Waals surface area contributed by atoms with Gasteiger partial charge in [0.1, 0.15) is 0 Å². The van der Waals surface area contributed by atoms with Gasteiger partial charge in [-0.25, -0.2) is 4.98 Å². The van der Waals surface area contributed by atoms with E-state index in [-0.39, 0.29) is 0 Å². The maximum atomic E-state index is 5.11. The normalized spacial score (nSPS) is 9.93. The van der Waals surface area contributed by atoms with Crippen LogP contribution in [-0.4, -0.2) is 28.2 Å². The Morgan fingerprint density at radius 1 is 1.47 bits per heavy atom. The van der Waals surface area contributed by atoms with E-state index in [1.807, 2.05) is 6.20 Å². The van der Waals surface area contributed by atoms with Gasteiger partial charge in [0.05, 0.1) is 6.33 Å². The van der Waals surface area contributed by atoms with Gasteiger partial charge in [-0.3, -0.25) is 0 Å². The molecule has 0 aromatic carbocycles. The molecular formula is C10H18N4S. The minimum atomic E-state index is 0.739. The summed E-state index contributed by atoms with van der Waals surface area (Å²) in [6.45, 7) is 3.95. The molecule has 4 nitrogen and oxygen atoms in total. The summed E-state index contributed by atoms with van der Waals surface area (Å²) in [7, 11) is 0. The third kappa shape index (κ3) is 5.37. The molecule has 0 aliphatic heterocycles. The van der Waals surface area contributed by atoms with E-state index in [2.05, 4.69) is 27.5 Å². The van der Waals surface area contributed by atoms with Crippen molar-refractivity contribution in [1.29, 1.82) is 0 Å². The smallest absolute Gasteiger partial charge is 0.166 e. The van der Waals surface area contributed by atoms with Crippen LogP contribution in [0.15, 0.2) is 12.5 Å². The van der Waals surface area contributed by atoms with Gasteiger partial charge in [0.15, 0.2) is 5.11 Å². The molecule has 0 bridgehead atoms. The summed E-state index contributed by atoms with van der Waals surface area (Å²) in [5.41, 5.74) is 1.12. The monoisotopic (exact) mass is 226 g/mol. The van der Waals surface area contributed by atoms with Crippen LogP contribution in [0.25, 0.3) is 0 Å². The molecule has 0 saturated carbocycles. The van der Waals surface area contributed by atoms with Crippen molar-refractivity contribution >= 4 is 17.3 Å². The Labute approximate surface area is 95.9 Å². The summed E-state index contributed by atoms with van der Waals surface area (Å²) in [4.78, 5) is 7.00. The molecule has 1 aromatic heterocycles. The second-order valence-electron chi connectivity index (χ2n) is 3.36. The second kappa shape index (κ2) is 7.23. The van der Waals surface area contributed by atoms with Crippen LogP contribution in [-0.2, 0) is 6.42 Å². The van der Waals surface area contributed by atoms with E-state index in [1.165, 1.54) is 6.42 Å². The summed E-state index contributed by atoms with van der Waals surface area (Å²) in [5, 5.41) is 7.05. The molecule has 0 aliphatic carbocycles. The molecule has 0 fully saturated rings. The predicted molar refractivity (Wildman–Crippen MR) is 65.8 cm³/mol. The number of nitrogens with one attached hydrogen (secondary N) is 3. The molecule has 3 N–H and O–H groups in total. The SMILES string of the molecule is CCCCNC(=S)NCCc1cnc[nH]1. The number of aromatic nitrogens is 2. The van der Waals surface area contributed by atoms with Gasteiger partial charge in [-0.1, -0.05) is 13.3 Å². The lowest BCUT2D eigenvalue weighted by Crippen LogP contribution is -2.36. The highest BCUT2D eigenvalue weighted by Gasteiger charge is 1.95. The highest BCUT2D eigenvalue weighted by atomic mass is 32.1. The Kier molecular flexibility index (Phi) is 5.77. The molecule has 5 heteroatoms. The number of thiocarbonyl (C=S) groups is 1. The fourth-order valence-corrected chi connectivity index (χ4v) is 1.38. The molecule has 0 atom stereocenters. The van der Waals surface area contributed by atoms with Gasteiger partial charge in [0, 0.05) is 31.4 Å². The third-order valence-corrected chi connectivity index (χ3v) is 2.34. The van der Waals surface area contributed by atoms with Crippen LogP contribution in [0.5, 0.6) is 0 Å². The molecule has 1 aromatic rings. The third-order valence-electron chi connectivity index (χ3n) is 2.05. The van der Waals surface area contributed by atoms with Gasteiger partial charge in [0.2, 0.25) is 0 Å². The van der Waals surface area contributed by atoms with E-state index in [9.17, 15) is 0 Å². The van der Waals surface area contributed by atoms with Crippen molar-refractivity contribution in [3.05, 3.63) is 18.2 Å². The Morgan fingerprint density at radius 3 is 2.93 bits per heavy atom. The topological polar surface area (TPSA) is 52.7 Å². The molecule has 84 valence electrons. The Hall–Kier alpha value is -1.10. The standard InChI is InChI=1S/C10H18N4S/c1-2-3-5-12-10(15)13-6-4-9-7-11-8-14-9/h7-8H,2-6H2,1H3,(H,11,14)(H2,12,13,15). The van der Waals surface area contributed by atoms with E-state index >= 15 is 0 Å². The minimum absolute atomic E-state index is 0.739. The van der Waals surface area contributed by atoms with Crippen molar-refractivity contribution in [1.82, 2.24) is 20.6 Å². The number of unbranched alkanes of at least 4 members (excludes halogenated alkanes) is 1. The predicted octanol–water partition coefficient (Wildman–Crippen LogP) is 1.22. The molecule has 15 heavy (non-hydrogen) atoms. The van der Waals surface area contributed by atoms with Gasteiger partial charge in [-0.2, -0.15) is 0 Å². The number of aromatic amines is 1. The zero-order valence-electron chi connectivity index (χ0n) is 9.05. The summed E-state index contributed by atoms with van der Waals surface area (Å²) >= 11 is 5.11. The zero-order chi connectivity index (χ0) is 10.9. The van der Waals surface area contributed by atoms with Gasteiger partial charge in [-0.15, -0.1) is 0 Å². The van der Waals surface area contributed by atoms with Crippen LogP contribution in [0, 0.1) is 0 Å². The first kappa shape index (κ1) is 12.0. The number of rotatable bonds is 6. The van der Waals surface area contributed by atoms with Crippen LogP contribution in [0.2, 0.25) is 0 Å². The Morgan fingerprint density at radius 2 is 2.27 bits per heavy atom. The van der Waals surface area contributed by atoms with Crippen molar-refractivity contribution in [2.75, 3.05) is 13.1 Å². The Bertz CT molecular complexity index is 271. The first-order valence-corrected chi connectivity index (χ1v) is 5.72. The van der Waals surface area contributed by atoms with Crippen LogP contribution < -0.4 is 10.6 Å². The lowest BCUT2D eigenvalue weighted by atomic mass is 10.3. The van der Waals surface area contributed by atoms with Crippen LogP contribution in [0.4, 0.5) is 0 Å². The van der Waals surface area contributed by atoms with Crippen LogP contribution in [0.3, 0.4) is 0 Å². The molecule has 0 radical (unpaired) electrons. The number of imidazole rings is 1. The maximum absolute atomic E-state index is 5.11. The minimum Gasteiger partial charge on any atom is -0.363 e. The molecule has 0 saturated heterocycles. The van der Waals surface area contributed by atoms with Crippen molar-refractivity contribution in [2.45, 2.75) is 26.2 Å². The Balaban J connectivity index is 2.02. The fourth-order valence-electron chi connectivity index (χ4n) is 1.17. The first-order valence-electron chi connectivity index (χ1n) is 5.32.